The van der Waals surface area contributed by atoms with Gasteiger partial charge in [-0.15, -0.1) is 35.3 Å². The standard InChI is InChI=1S/C21H28N6S.HI/c1-3-22-20(23-12-19-15-26-9-10-28-21(26)25-19)24-18-11-16(2)27(14-18)13-17-7-5-4-6-8-17;/h4-10,15-16,18H,3,11-14H2,1-2H3,(H2,22,23,24);1H. The number of hydrogen-bond acceptors (Lipinski definition) is 4. The van der Waals surface area contributed by atoms with E-state index in [4.69, 9.17) is 4.99 Å². The number of thiazole rings is 1. The smallest absolute Gasteiger partial charge is 0.193 e. The third kappa shape index (κ3) is 5.70. The van der Waals surface area contributed by atoms with Gasteiger partial charge in [-0.1, -0.05) is 30.3 Å². The number of likely N-dealkylation sites (tertiary alicyclic amines) is 1. The van der Waals surface area contributed by atoms with E-state index in [-0.39, 0.29) is 24.0 Å². The molecule has 0 amide bonds. The van der Waals surface area contributed by atoms with E-state index in [0.29, 0.717) is 18.6 Å². The predicted molar refractivity (Wildman–Crippen MR) is 131 cm³/mol. The Kier molecular flexibility index (Phi) is 7.91. The lowest BCUT2D eigenvalue weighted by molar-refractivity contribution is 0.258. The molecule has 0 saturated carbocycles. The zero-order valence-electron chi connectivity index (χ0n) is 16.9. The molecule has 2 unspecified atom stereocenters. The molecule has 0 bridgehead atoms. The Balaban J connectivity index is 0.00000240. The van der Waals surface area contributed by atoms with Gasteiger partial charge in [0, 0.05) is 49.5 Å². The maximum Gasteiger partial charge on any atom is 0.193 e. The van der Waals surface area contributed by atoms with Gasteiger partial charge < -0.3 is 10.6 Å². The highest BCUT2D eigenvalue weighted by Gasteiger charge is 2.29. The molecular formula is C21H29IN6S. The summed E-state index contributed by atoms with van der Waals surface area (Å²) in [5.74, 6) is 0.873. The summed E-state index contributed by atoms with van der Waals surface area (Å²) >= 11 is 1.65. The molecule has 156 valence electrons. The highest BCUT2D eigenvalue weighted by Crippen LogP contribution is 2.20. The Morgan fingerprint density at radius 1 is 1.31 bits per heavy atom. The summed E-state index contributed by atoms with van der Waals surface area (Å²) in [6.45, 7) is 7.87. The van der Waals surface area contributed by atoms with Gasteiger partial charge >= 0.3 is 0 Å². The van der Waals surface area contributed by atoms with Crippen LogP contribution in [0.15, 0.2) is 53.1 Å². The van der Waals surface area contributed by atoms with Crippen molar-refractivity contribution in [3.05, 3.63) is 59.4 Å². The maximum absolute atomic E-state index is 4.76. The topological polar surface area (TPSA) is 57.0 Å². The lowest BCUT2D eigenvalue weighted by atomic mass is 10.2. The summed E-state index contributed by atoms with van der Waals surface area (Å²) in [5, 5.41) is 9.05. The lowest BCUT2D eigenvalue weighted by Gasteiger charge is -2.21. The summed E-state index contributed by atoms with van der Waals surface area (Å²) in [7, 11) is 0. The van der Waals surface area contributed by atoms with E-state index in [9.17, 15) is 0 Å². The van der Waals surface area contributed by atoms with Crippen molar-refractivity contribution in [2.45, 2.75) is 45.4 Å². The van der Waals surface area contributed by atoms with Crippen LogP contribution >= 0.6 is 35.3 Å². The molecule has 0 radical (unpaired) electrons. The molecule has 2 atom stereocenters. The van der Waals surface area contributed by atoms with Crippen molar-refractivity contribution in [2.75, 3.05) is 13.1 Å². The number of rotatable bonds is 6. The summed E-state index contributed by atoms with van der Waals surface area (Å²) < 4.78 is 2.05. The Morgan fingerprint density at radius 3 is 2.90 bits per heavy atom. The summed E-state index contributed by atoms with van der Waals surface area (Å²) in [6, 6.07) is 11.7. The van der Waals surface area contributed by atoms with Crippen molar-refractivity contribution in [1.82, 2.24) is 24.9 Å². The van der Waals surface area contributed by atoms with E-state index in [2.05, 4.69) is 75.3 Å². The van der Waals surface area contributed by atoms with E-state index in [1.54, 1.807) is 11.3 Å². The second-order valence-electron chi connectivity index (χ2n) is 7.36. The molecule has 3 heterocycles. The van der Waals surface area contributed by atoms with Crippen LogP contribution in [0.3, 0.4) is 0 Å². The molecule has 1 fully saturated rings. The van der Waals surface area contributed by atoms with Gasteiger partial charge in [-0.25, -0.2) is 9.98 Å². The van der Waals surface area contributed by atoms with Crippen molar-refractivity contribution < 1.29 is 0 Å². The van der Waals surface area contributed by atoms with Crippen molar-refractivity contribution in [2.24, 2.45) is 4.99 Å². The van der Waals surface area contributed by atoms with Crippen LogP contribution in [-0.4, -0.2) is 45.4 Å². The van der Waals surface area contributed by atoms with Crippen LogP contribution in [0.25, 0.3) is 4.96 Å². The van der Waals surface area contributed by atoms with Crippen LogP contribution in [0.5, 0.6) is 0 Å². The van der Waals surface area contributed by atoms with Gasteiger partial charge in [-0.3, -0.25) is 9.30 Å². The monoisotopic (exact) mass is 524 g/mol. The SMILES string of the molecule is CCNC(=NCc1cn2ccsc2n1)NC1CC(C)N(Cc2ccccc2)C1.I. The number of hydrogen-bond donors (Lipinski definition) is 2. The van der Waals surface area contributed by atoms with Gasteiger partial charge in [-0.05, 0) is 25.8 Å². The average molecular weight is 524 g/mol. The van der Waals surface area contributed by atoms with Crippen LogP contribution in [0, 0.1) is 0 Å². The highest BCUT2D eigenvalue weighted by molar-refractivity contribution is 14.0. The number of nitrogens with one attached hydrogen (secondary N) is 2. The van der Waals surface area contributed by atoms with Crippen molar-refractivity contribution in [1.29, 1.82) is 0 Å². The van der Waals surface area contributed by atoms with Crippen LogP contribution in [0.1, 0.15) is 31.5 Å². The third-order valence-electron chi connectivity index (χ3n) is 5.16. The fourth-order valence-corrected chi connectivity index (χ4v) is 4.49. The number of halogens is 1. The minimum atomic E-state index is 0. The fraction of sp³-hybridized carbons (Fsp3) is 0.429. The molecule has 1 aromatic carbocycles. The molecule has 0 spiro atoms. The molecule has 2 aromatic heterocycles. The molecular weight excluding hydrogens is 495 g/mol. The number of nitrogens with zero attached hydrogens (tertiary/aromatic N) is 4. The van der Waals surface area contributed by atoms with E-state index in [0.717, 1.165) is 42.7 Å². The van der Waals surface area contributed by atoms with Gasteiger partial charge in [0.2, 0.25) is 0 Å². The van der Waals surface area contributed by atoms with Crippen molar-refractivity contribution in [3.8, 4) is 0 Å². The first-order valence-corrected chi connectivity index (χ1v) is 10.8. The molecule has 1 aliphatic rings. The van der Waals surface area contributed by atoms with E-state index in [1.807, 2.05) is 11.6 Å². The van der Waals surface area contributed by atoms with Gasteiger partial charge in [0.1, 0.15) is 0 Å². The summed E-state index contributed by atoms with van der Waals surface area (Å²) in [4.78, 5) is 12.9. The van der Waals surface area contributed by atoms with Crippen LogP contribution in [0.2, 0.25) is 0 Å². The molecule has 6 nitrogen and oxygen atoms in total. The molecule has 29 heavy (non-hydrogen) atoms. The van der Waals surface area contributed by atoms with Crippen molar-refractivity contribution >= 4 is 46.2 Å². The largest absolute Gasteiger partial charge is 0.357 e. The molecule has 0 aliphatic carbocycles. The number of aromatic nitrogens is 2. The van der Waals surface area contributed by atoms with E-state index < -0.39 is 0 Å². The zero-order chi connectivity index (χ0) is 19.3. The first-order chi connectivity index (χ1) is 13.7. The van der Waals surface area contributed by atoms with Gasteiger partial charge in [-0.2, -0.15) is 0 Å². The van der Waals surface area contributed by atoms with Gasteiger partial charge in [0.05, 0.1) is 12.2 Å². The van der Waals surface area contributed by atoms with Gasteiger partial charge in [0.15, 0.2) is 10.9 Å². The molecule has 1 aliphatic heterocycles. The second kappa shape index (κ2) is 10.4. The maximum atomic E-state index is 4.76. The quantitative estimate of drug-likeness (QED) is 0.293. The molecule has 8 heteroatoms. The first-order valence-electron chi connectivity index (χ1n) is 9.95. The number of imidazole rings is 1. The first kappa shape index (κ1) is 22.0. The van der Waals surface area contributed by atoms with Crippen molar-refractivity contribution in [3.63, 3.8) is 0 Å². The minimum Gasteiger partial charge on any atom is -0.357 e. The molecule has 1 saturated heterocycles. The predicted octanol–water partition coefficient (Wildman–Crippen LogP) is 3.73. The Morgan fingerprint density at radius 2 is 2.14 bits per heavy atom. The number of aliphatic imine (C=N–C) groups is 1. The Labute approximate surface area is 193 Å². The lowest BCUT2D eigenvalue weighted by Crippen LogP contribution is -2.44. The number of benzene rings is 1. The number of guanidine groups is 1. The van der Waals surface area contributed by atoms with E-state index >= 15 is 0 Å². The Hall–Kier alpha value is -1.65. The molecule has 4 rings (SSSR count). The minimum absolute atomic E-state index is 0. The molecule has 3 aromatic rings. The molecule has 2 N–H and O–H groups in total. The fourth-order valence-electron chi connectivity index (χ4n) is 3.77. The van der Waals surface area contributed by atoms with Crippen LogP contribution in [-0.2, 0) is 13.1 Å². The van der Waals surface area contributed by atoms with Crippen LogP contribution in [0.4, 0.5) is 0 Å². The van der Waals surface area contributed by atoms with Gasteiger partial charge in [0.25, 0.3) is 0 Å². The zero-order valence-corrected chi connectivity index (χ0v) is 20.1. The highest BCUT2D eigenvalue weighted by atomic mass is 127. The summed E-state index contributed by atoms with van der Waals surface area (Å²) in [5.41, 5.74) is 2.37. The van der Waals surface area contributed by atoms with E-state index in [1.165, 1.54) is 5.56 Å². The second-order valence-corrected chi connectivity index (χ2v) is 8.23. The third-order valence-corrected chi connectivity index (χ3v) is 5.93. The Bertz CT molecular complexity index is 893. The van der Waals surface area contributed by atoms with Crippen LogP contribution < -0.4 is 10.6 Å². The summed E-state index contributed by atoms with van der Waals surface area (Å²) in [6.07, 6.45) is 5.21. The normalized spacial score (nSPS) is 20.0. The average Bonchev–Trinajstić information content (AvgIpc) is 3.36. The number of fused-ring (bicyclic) bond motifs is 1.